The molecule has 1 saturated carbocycles. The van der Waals surface area contributed by atoms with Gasteiger partial charge in [-0.3, -0.25) is 4.79 Å². The predicted molar refractivity (Wildman–Crippen MR) is 178 cm³/mol. The first-order valence-corrected chi connectivity index (χ1v) is 19.4. The number of rotatable bonds is 17. The number of sulfonamides is 1. The van der Waals surface area contributed by atoms with Gasteiger partial charge < -0.3 is 15.3 Å². The van der Waals surface area contributed by atoms with Gasteiger partial charge in [0.2, 0.25) is 10.0 Å². The Morgan fingerprint density at radius 1 is 0.956 bits per heavy atom. The lowest BCUT2D eigenvalue weighted by Crippen LogP contribution is -2.42. The standard InChI is InChI=1S/C33H49N3O7S2/c1-25-11-8-9-14-28(25)30-23-27(15-16-29(30)32(37)34-31(33(38)39)18-22-44(4,40)41)24-36(20-17-26-12-6-5-7-13-26)45(42,43)21-10-19-35(2)3/h8-9,11,14-16,23,26,31H,5-7,10,12-13,17-22,24H2,1-4H3,(H,34,37)(H,38,39)/t31-/m0/s1. The van der Waals surface area contributed by atoms with E-state index in [4.69, 9.17) is 0 Å². The Labute approximate surface area is 269 Å². The summed E-state index contributed by atoms with van der Waals surface area (Å²) in [6.45, 7) is 3.15. The second-order valence-corrected chi connectivity index (χ2v) is 16.9. The van der Waals surface area contributed by atoms with Crippen LogP contribution < -0.4 is 5.32 Å². The van der Waals surface area contributed by atoms with Gasteiger partial charge in [0.15, 0.2) is 0 Å². The predicted octanol–water partition coefficient (Wildman–Crippen LogP) is 4.33. The van der Waals surface area contributed by atoms with Crippen molar-refractivity contribution in [2.24, 2.45) is 5.92 Å². The van der Waals surface area contributed by atoms with Crippen molar-refractivity contribution in [2.45, 2.75) is 70.9 Å². The number of hydrogen-bond acceptors (Lipinski definition) is 7. The minimum Gasteiger partial charge on any atom is -0.480 e. The van der Waals surface area contributed by atoms with E-state index in [2.05, 4.69) is 5.32 Å². The molecule has 0 spiro atoms. The molecule has 0 saturated heterocycles. The minimum atomic E-state index is -3.56. The van der Waals surface area contributed by atoms with Gasteiger partial charge in [-0.2, -0.15) is 4.31 Å². The largest absolute Gasteiger partial charge is 0.480 e. The van der Waals surface area contributed by atoms with Crippen LogP contribution in [0.1, 0.15) is 72.9 Å². The summed E-state index contributed by atoms with van der Waals surface area (Å²) < 4.78 is 52.2. The highest BCUT2D eigenvalue weighted by Gasteiger charge is 2.27. The third-order valence-corrected chi connectivity index (χ3v) is 11.3. The molecule has 12 heteroatoms. The first-order chi connectivity index (χ1) is 21.2. The highest BCUT2D eigenvalue weighted by molar-refractivity contribution is 7.90. The number of aliphatic carboxylic acids is 1. The van der Waals surface area contributed by atoms with Crippen LogP contribution in [0.25, 0.3) is 11.1 Å². The summed E-state index contributed by atoms with van der Waals surface area (Å²) in [7, 11) is -3.15. The molecular weight excluding hydrogens is 615 g/mol. The maximum Gasteiger partial charge on any atom is 0.326 e. The van der Waals surface area contributed by atoms with E-state index < -0.39 is 37.8 Å². The molecule has 2 aromatic rings. The van der Waals surface area contributed by atoms with Crippen LogP contribution in [0.15, 0.2) is 42.5 Å². The van der Waals surface area contributed by atoms with Crippen molar-refractivity contribution in [1.29, 1.82) is 0 Å². The fourth-order valence-corrected chi connectivity index (χ4v) is 7.97. The van der Waals surface area contributed by atoms with Gasteiger partial charge in [0, 0.05) is 24.9 Å². The van der Waals surface area contributed by atoms with E-state index in [0.29, 0.717) is 31.0 Å². The molecule has 2 aromatic carbocycles. The third-order valence-electron chi connectivity index (χ3n) is 8.42. The lowest BCUT2D eigenvalue weighted by molar-refractivity contribution is -0.139. The Balaban J connectivity index is 1.95. The van der Waals surface area contributed by atoms with Crippen molar-refractivity contribution < 1.29 is 31.5 Å². The molecule has 1 aliphatic rings. The number of sulfone groups is 1. The second-order valence-electron chi connectivity index (χ2n) is 12.6. The lowest BCUT2D eigenvalue weighted by Gasteiger charge is -2.27. The fourth-order valence-electron chi connectivity index (χ4n) is 5.83. The topological polar surface area (TPSA) is 141 Å². The van der Waals surface area contributed by atoms with Crippen LogP contribution in [0.2, 0.25) is 0 Å². The molecule has 1 fully saturated rings. The number of carboxylic acids is 1. The molecule has 0 heterocycles. The molecule has 0 unspecified atom stereocenters. The highest BCUT2D eigenvalue weighted by Crippen LogP contribution is 2.30. The van der Waals surface area contributed by atoms with Gasteiger partial charge in [0.1, 0.15) is 15.9 Å². The summed E-state index contributed by atoms with van der Waals surface area (Å²) >= 11 is 0. The summed E-state index contributed by atoms with van der Waals surface area (Å²) in [4.78, 5) is 27.3. The normalized spacial score (nSPS) is 15.3. The van der Waals surface area contributed by atoms with Crippen molar-refractivity contribution in [3.05, 3.63) is 59.2 Å². The zero-order valence-electron chi connectivity index (χ0n) is 27.0. The molecule has 0 bridgehead atoms. The molecule has 3 rings (SSSR count). The number of carbonyl (C=O) groups excluding carboxylic acids is 1. The highest BCUT2D eigenvalue weighted by atomic mass is 32.2. The van der Waals surface area contributed by atoms with Crippen LogP contribution in [0.3, 0.4) is 0 Å². The number of hydrogen-bond donors (Lipinski definition) is 2. The number of benzene rings is 2. The SMILES string of the molecule is Cc1ccccc1-c1cc(CN(CCC2CCCCC2)S(=O)(=O)CCCN(C)C)ccc1C(=O)N[C@@H](CCS(C)(=O)=O)C(=O)O. The smallest absolute Gasteiger partial charge is 0.326 e. The average molecular weight is 664 g/mol. The third kappa shape index (κ3) is 11.8. The molecule has 1 aliphatic carbocycles. The van der Waals surface area contributed by atoms with E-state index >= 15 is 0 Å². The van der Waals surface area contributed by atoms with Crippen LogP contribution in [0, 0.1) is 12.8 Å². The van der Waals surface area contributed by atoms with E-state index in [1.807, 2.05) is 56.3 Å². The number of nitrogens with one attached hydrogen (secondary N) is 1. The first-order valence-electron chi connectivity index (χ1n) is 15.7. The van der Waals surface area contributed by atoms with Gasteiger partial charge in [-0.1, -0.05) is 62.4 Å². The zero-order chi connectivity index (χ0) is 33.2. The van der Waals surface area contributed by atoms with Gasteiger partial charge >= 0.3 is 5.97 Å². The van der Waals surface area contributed by atoms with Gasteiger partial charge in [-0.15, -0.1) is 0 Å². The monoisotopic (exact) mass is 663 g/mol. The summed E-state index contributed by atoms with van der Waals surface area (Å²) in [5, 5.41) is 12.2. The van der Waals surface area contributed by atoms with E-state index in [0.717, 1.165) is 42.2 Å². The number of carbonyl (C=O) groups is 2. The summed E-state index contributed by atoms with van der Waals surface area (Å²) in [6.07, 6.45) is 7.92. The summed E-state index contributed by atoms with van der Waals surface area (Å²) in [6, 6.07) is 11.2. The van der Waals surface area contributed by atoms with Crippen LogP contribution >= 0.6 is 0 Å². The molecular formula is C33H49N3O7S2. The van der Waals surface area contributed by atoms with Crippen LogP contribution in [0.4, 0.5) is 0 Å². The average Bonchev–Trinajstić information content (AvgIpc) is 2.97. The van der Waals surface area contributed by atoms with Gasteiger partial charge in [-0.05, 0) is 87.1 Å². The summed E-state index contributed by atoms with van der Waals surface area (Å²) in [5.41, 5.74) is 3.14. The molecule has 0 aliphatic heterocycles. The van der Waals surface area contributed by atoms with Crippen molar-refractivity contribution in [3.63, 3.8) is 0 Å². The lowest BCUT2D eigenvalue weighted by atomic mass is 9.87. The van der Waals surface area contributed by atoms with Crippen molar-refractivity contribution in [2.75, 3.05) is 44.9 Å². The number of nitrogens with zero attached hydrogens (tertiary/aromatic N) is 2. The second kappa shape index (κ2) is 16.7. The van der Waals surface area contributed by atoms with E-state index in [9.17, 15) is 31.5 Å². The van der Waals surface area contributed by atoms with Crippen molar-refractivity contribution in [1.82, 2.24) is 14.5 Å². The van der Waals surface area contributed by atoms with E-state index in [-0.39, 0.29) is 30.0 Å². The maximum atomic E-state index is 13.6. The maximum absolute atomic E-state index is 13.6. The minimum absolute atomic E-state index is 0.0467. The Kier molecular flexibility index (Phi) is 13.6. The van der Waals surface area contributed by atoms with Crippen LogP contribution in [-0.4, -0.2) is 94.0 Å². The summed E-state index contributed by atoms with van der Waals surface area (Å²) in [5.74, 6) is -1.80. The first kappa shape index (κ1) is 36.7. The Hall–Kier alpha value is -2.80. The van der Waals surface area contributed by atoms with Crippen molar-refractivity contribution in [3.8, 4) is 11.1 Å². The molecule has 1 atom stereocenters. The molecule has 0 aromatic heterocycles. The fraction of sp³-hybridized carbons (Fsp3) is 0.576. The van der Waals surface area contributed by atoms with Crippen molar-refractivity contribution >= 4 is 31.7 Å². The number of aryl methyl sites for hydroxylation is 1. The number of carboxylic acid groups (broad SMARTS) is 1. The molecule has 250 valence electrons. The Morgan fingerprint density at radius 3 is 2.27 bits per heavy atom. The zero-order valence-corrected chi connectivity index (χ0v) is 28.6. The van der Waals surface area contributed by atoms with Gasteiger partial charge in [-0.25, -0.2) is 21.6 Å². The Bertz CT molecular complexity index is 1520. The van der Waals surface area contributed by atoms with Crippen LogP contribution in [0.5, 0.6) is 0 Å². The molecule has 45 heavy (non-hydrogen) atoms. The number of amides is 1. The molecule has 2 N–H and O–H groups in total. The van der Waals surface area contributed by atoms with E-state index in [1.54, 1.807) is 16.4 Å². The Morgan fingerprint density at radius 2 is 1.64 bits per heavy atom. The molecule has 1 amide bonds. The molecule has 0 radical (unpaired) electrons. The van der Waals surface area contributed by atoms with Gasteiger partial charge in [0.05, 0.1) is 11.5 Å². The quantitative estimate of drug-likeness (QED) is 0.255. The van der Waals surface area contributed by atoms with Gasteiger partial charge in [0.25, 0.3) is 5.91 Å². The van der Waals surface area contributed by atoms with E-state index in [1.165, 1.54) is 19.3 Å². The molecule has 10 nitrogen and oxygen atoms in total. The van der Waals surface area contributed by atoms with Crippen LogP contribution in [-0.2, 0) is 31.2 Å².